The zero-order valence-corrected chi connectivity index (χ0v) is 8.77. The smallest absolute Gasteiger partial charge is 0.0203 e. The second-order valence-corrected chi connectivity index (χ2v) is 4.59. The van der Waals surface area contributed by atoms with Crippen LogP contribution in [0.1, 0.15) is 46.5 Å². The Labute approximate surface area is 77.1 Å². The molecule has 0 nitrogen and oxygen atoms in total. The Morgan fingerprint density at radius 3 is 2.08 bits per heavy atom. The largest absolute Gasteiger partial charge is 0.0993 e. The molecule has 0 aromatic carbocycles. The molecule has 0 amide bonds. The summed E-state index contributed by atoms with van der Waals surface area (Å²) in [5.41, 5.74) is 1.52. The van der Waals surface area contributed by atoms with Crippen molar-refractivity contribution in [2.75, 3.05) is 0 Å². The molecule has 0 N–H and O–H groups in total. The Kier molecular flexibility index (Phi) is 3.37. The molecule has 0 spiro atoms. The summed E-state index contributed by atoms with van der Waals surface area (Å²) in [5.74, 6) is 2.33. The van der Waals surface area contributed by atoms with Crippen molar-refractivity contribution in [3.63, 3.8) is 0 Å². The van der Waals surface area contributed by atoms with E-state index in [-0.39, 0.29) is 0 Å². The van der Waals surface area contributed by atoms with Crippen LogP contribution in [-0.4, -0.2) is 0 Å². The van der Waals surface area contributed by atoms with Gasteiger partial charge >= 0.3 is 0 Å². The lowest BCUT2D eigenvalue weighted by molar-refractivity contribution is 0.428. The molecular weight excluding hydrogens is 144 g/mol. The van der Waals surface area contributed by atoms with E-state index < -0.39 is 0 Å². The predicted molar refractivity (Wildman–Crippen MR) is 55.1 cm³/mol. The highest BCUT2D eigenvalue weighted by molar-refractivity contribution is 5.06. The molecule has 1 atom stereocenters. The van der Waals surface area contributed by atoms with E-state index >= 15 is 0 Å². The van der Waals surface area contributed by atoms with Crippen molar-refractivity contribution < 1.29 is 0 Å². The van der Waals surface area contributed by atoms with Crippen LogP contribution in [0.15, 0.2) is 12.2 Å². The summed E-state index contributed by atoms with van der Waals surface area (Å²) in [5, 5.41) is 0. The van der Waals surface area contributed by atoms with Gasteiger partial charge in [0.25, 0.3) is 0 Å². The quantitative estimate of drug-likeness (QED) is 0.555. The standard InChI is InChI=1S/C12H22/c1-9(2)10(3)11(4)12-7-5-6-8-12/h9-10,12H,4-8H2,1-3H3/t10-/m0/s1. The monoisotopic (exact) mass is 166 g/mol. The summed E-state index contributed by atoms with van der Waals surface area (Å²) in [6.07, 6.45) is 5.65. The average Bonchev–Trinajstić information content (AvgIpc) is 2.53. The van der Waals surface area contributed by atoms with E-state index in [1.54, 1.807) is 0 Å². The maximum Gasteiger partial charge on any atom is -0.0203 e. The minimum atomic E-state index is 0.716. The first kappa shape index (κ1) is 9.83. The van der Waals surface area contributed by atoms with Gasteiger partial charge in [-0.3, -0.25) is 0 Å². The highest BCUT2D eigenvalue weighted by Crippen LogP contribution is 2.35. The van der Waals surface area contributed by atoms with Gasteiger partial charge in [0.05, 0.1) is 0 Å². The van der Waals surface area contributed by atoms with Crippen LogP contribution < -0.4 is 0 Å². The third-order valence-electron chi connectivity index (χ3n) is 3.46. The van der Waals surface area contributed by atoms with Crippen LogP contribution in [-0.2, 0) is 0 Å². The minimum Gasteiger partial charge on any atom is -0.0993 e. The van der Waals surface area contributed by atoms with Gasteiger partial charge in [0.1, 0.15) is 0 Å². The van der Waals surface area contributed by atoms with Crippen molar-refractivity contribution in [3.05, 3.63) is 12.2 Å². The average molecular weight is 166 g/mol. The van der Waals surface area contributed by atoms with Crippen LogP contribution in [0.4, 0.5) is 0 Å². The van der Waals surface area contributed by atoms with Crippen molar-refractivity contribution in [2.45, 2.75) is 46.5 Å². The van der Waals surface area contributed by atoms with E-state index in [0.717, 1.165) is 11.8 Å². The molecule has 12 heavy (non-hydrogen) atoms. The van der Waals surface area contributed by atoms with Gasteiger partial charge in [0.2, 0.25) is 0 Å². The lowest BCUT2D eigenvalue weighted by atomic mass is 9.83. The third kappa shape index (κ3) is 2.12. The zero-order valence-electron chi connectivity index (χ0n) is 8.77. The molecule has 0 unspecified atom stereocenters. The highest BCUT2D eigenvalue weighted by Gasteiger charge is 2.22. The summed E-state index contributed by atoms with van der Waals surface area (Å²) in [6.45, 7) is 11.2. The van der Waals surface area contributed by atoms with Crippen LogP contribution in [0.3, 0.4) is 0 Å². The van der Waals surface area contributed by atoms with E-state index in [9.17, 15) is 0 Å². The number of rotatable bonds is 3. The van der Waals surface area contributed by atoms with Crippen molar-refractivity contribution in [1.29, 1.82) is 0 Å². The van der Waals surface area contributed by atoms with Crippen LogP contribution in [0.25, 0.3) is 0 Å². The van der Waals surface area contributed by atoms with Crippen LogP contribution in [0.2, 0.25) is 0 Å². The zero-order chi connectivity index (χ0) is 9.14. The Hall–Kier alpha value is -0.260. The summed E-state index contributed by atoms with van der Waals surface area (Å²) in [4.78, 5) is 0. The van der Waals surface area contributed by atoms with Crippen molar-refractivity contribution in [1.82, 2.24) is 0 Å². The van der Waals surface area contributed by atoms with Crippen molar-refractivity contribution in [2.24, 2.45) is 17.8 Å². The summed E-state index contributed by atoms with van der Waals surface area (Å²) < 4.78 is 0. The number of hydrogen-bond acceptors (Lipinski definition) is 0. The molecule has 0 aromatic heterocycles. The molecule has 0 heteroatoms. The molecule has 0 aromatic rings. The molecule has 1 saturated carbocycles. The van der Waals surface area contributed by atoms with Crippen molar-refractivity contribution >= 4 is 0 Å². The van der Waals surface area contributed by atoms with Gasteiger partial charge in [-0.15, -0.1) is 0 Å². The van der Waals surface area contributed by atoms with Crippen LogP contribution in [0.5, 0.6) is 0 Å². The summed E-state index contributed by atoms with van der Waals surface area (Å²) in [6, 6.07) is 0. The molecule has 0 radical (unpaired) electrons. The van der Waals surface area contributed by atoms with E-state index in [0.29, 0.717) is 5.92 Å². The topological polar surface area (TPSA) is 0 Å². The summed E-state index contributed by atoms with van der Waals surface area (Å²) >= 11 is 0. The number of allylic oxidation sites excluding steroid dienone is 1. The van der Waals surface area contributed by atoms with Gasteiger partial charge in [0, 0.05) is 0 Å². The fourth-order valence-electron chi connectivity index (χ4n) is 2.10. The normalized spacial score (nSPS) is 21.7. The maximum absolute atomic E-state index is 4.26. The minimum absolute atomic E-state index is 0.716. The van der Waals surface area contributed by atoms with Gasteiger partial charge in [-0.2, -0.15) is 0 Å². The molecule has 1 aliphatic carbocycles. The Morgan fingerprint density at radius 1 is 1.17 bits per heavy atom. The first-order valence-electron chi connectivity index (χ1n) is 5.31. The van der Waals surface area contributed by atoms with Gasteiger partial charge in [-0.05, 0) is 30.6 Å². The first-order valence-corrected chi connectivity index (χ1v) is 5.31. The SMILES string of the molecule is C=C(C1CCCC1)[C@@H](C)C(C)C. The van der Waals surface area contributed by atoms with Gasteiger partial charge in [0.15, 0.2) is 0 Å². The molecular formula is C12H22. The summed E-state index contributed by atoms with van der Waals surface area (Å²) in [7, 11) is 0. The second kappa shape index (κ2) is 4.11. The molecule has 1 aliphatic rings. The Morgan fingerprint density at radius 2 is 1.67 bits per heavy atom. The van der Waals surface area contributed by atoms with Crippen LogP contribution >= 0.6 is 0 Å². The fourth-order valence-corrected chi connectivity index (χ4v) is 2.10. The molecule has 1 fully saturated rings. The van der Waals surface area contributed by atoms with Crippen LogP contribution in [0, 0.1) is 17.8 Å². The van der Waals surface area contributed by atoms with Crippen molar-refractivity contribution in [3.8, 4) is 0 Å². The third-order valence-corrected chi connectivity index (χ3v) is 3.46. The van der Waals surface area contributed by atoms with Gasteiger partial charge in [-0.1, -0.05) is 45.8 Å². The molecule has 0 aliphatic heterocycles. The highest BCUT2D eigenvalue weighted by atomic mass is 14.3. The fraction of sp³-hybridized carbons (Fsp3) is 0.833. The Balaban J connectivity index is 2.45. The lowest BCUT2D eigenvalue weighted by Crippen LogP contribution is -2.12. The van der Waals surface area contributed by atoms with E-state index in [2.05, 4.69) is 27.4 Å². The van der Waals surface area contributed by atoms with E-state index in [4.69, 9.17) is 0 Å². The van der Waals surface area contributed by atoms with E-state index in [1.807, 2.05) is 0 Å². The van der Waals surface area contributed by atoms with Gasteiger partial charge < -0.3 is 0 Å². The molecule has 70 valence electrons. The molecule has 0 heterocycles. The second-order valence-electron chi connectivity index (χ2n) is 4.59. The lowest BCUT2D eigenvalue weighted by Gasteiger charge is -2.23. The van der Waals surface area contributed by atoms with Gasteiger partial charge in [-0.25, -0.2) is 0 Å². The predicted octanol–water partition coefficient (Wildman–Crippen LogP) is 4.02. The molecule has 1 rings (SSSR count). The molecule has 0 saturated heterocycles. The molecule has 0 bridgehead atoms. The Bertz CT molecular complexity index is 145. The van der Waals surface area contributed by atoms with E-state index in [1.165, 1.54) is 31.3 Å². The number of hydrogen-bond donors (Lipinski definition) is 0. The first-order chi connectivity index (χ1) is 5.63. The maximum atomic E-state index is 4.26.